The highest BCUT2D eigenvalue weighted by atomic mass is 79.9. The molecule has 0 spiro atoms. The van der Waals surface area contributed by atoms with Gasteiger partial charge in [0.25, 0.3) is 0 Å². The van der Waals surface area contributed by atoms with Crippen molar-refractivity contribution in [3.05, 3.63) is 40.4 Å². The van der Waals surface area contributed by atoms with Crippen LogP contribution in [0.5, 0.6) is 0 Å². The fourth-order valence-corrected chi connectivity index (χ4v) is 3.54. The van der Waals surface area contributed by atoms with E-state index in [1.165, 1.54) is 29.2 Å². The first-order valence-electron chi connectivity index (χ1n) is 6.93. The van der Waals surface area contributed by atoms with Crippen LogP contribution in [0.4, 0.5) is 5.13 Å². The number of aromatic nitrogens is 2. The van der Waals surface area contributed by atoms with Crippen molar-refractivity contribution in [3.63, 3.8) is 0 Å². The average Bonchev–Trinajstić information content (AvgIpc) is 2.99. The zero-order chi connectivity index (χ0) is 17.4. The predicted octanol–water partition coefficient (Wildman–Crippen LogP) is 3.61. The van der Waals surface area contributed by atoms with Crippen molar-refractivity contribution in [2.45, 2.75) is 11.3 Å². The van der Waals surface area contributed by atoms with Crippen LogP contribution in [0.2, 0.25) is 0 Å². The van der Waals surface area contributed by atoms with Crippen LogP contribution in [0.3, 0.4) is 0 Å². The first-order chi connectivity index (χ1) is 11.6. The number of anilines is 1. The molecule has 0 atom stereocenters. The molecule has 0 bridgehead atoms. The average molecular weight is 428 g/mol. The minimum Gasteiger partial charge on any atom is -0.465 e. The molecule has 1 heterocycles. The van der Waals surface area contributed by atoms with Crippen LogP contribution in [0.25, 0.3) is 6.08 Å². The van der Waals surface area contributed by atoms with Crippen LogP contribution >= 0.6 is 39.0 Å². The van der Waals surface area contributed by atoms with Crippen molar-refractivity contribution in [3.8, 4) is 0 Å². The van der Waals surface area contributed by atoms with Crippen LogP contribution < -0.4 is 5.32 Å². The summed E-state index contributed by atoms with van der Waals surface area (Å²) in [5.74, 6) is -0.438. The van der Waals surface area contributed by atoms with Crippen molar-refractivity contribution in [2.24, 2.45) is 0 Å². The van der Waals surface area contributed by atoms with Gasteiger partial charge < -0.3 is 4.74 Å². The van der Waals surface area contributed by atoms with Gasteiger partial charge in [-0.15, -0.1) is 10.2 Å². The minimum atomic E-state index is -0.305. The number of carbonyl (C=O) groups excluding carboxylic acids is 2. The summed E-state index contributed by atoms with van der Waals surface area (Å²) in [5, 5.41) is 10.8. The number of amides is 1. The predicted molar refractivity (Wildman–Crippen MR) is 99.1 cm³/mol. The van der Waals surface area contributed by atoms with E-state index in [4.69, 9.17) is 4.74 Å². The van der Waals surface area contributed by atoms with Gasteiger partial charge in [0.2, 0.25) is 11.0 Å². The number of thioether (sulfide) groups is 1. The van der Waals surface area contributed by atoms with E-state index in [0.29, 0.717) is 16.1 Å². The lowest BCUT2D eigenvalue weighted by atomic mass is 10.2. The quantitative estimate of drug-likeness (QED) is 0.314. The van der Waals surface area contributed by atoms with Crippen LogP contribution in [-0.2, 0) is 14.3 Å². The third-order valence-corrected chi connectivity index (χ3v) is 4.97. The molecule has 126 valence electrons. The molecule has 24 heavy (non-hydrogen) atoms. The highest BCUT2D eigenvalue weighted by Gasteiger charge is 2.09. The zero-order valence-corrected chi connectivity index (χ0v) is 15.9. The third-order valence-electron chi connectivity index (χ3n) is 2.53. The Kier molecular flexibility index (Phi) is 7.41. The maximum absolute atomic E-state index is 11.9. The monoisotopic (exact) mass is 427 g/mol. The second-order valence-corrected chi connectivity index (χ2v) is 7.46. The number of rotatable bonds is 7. The van der Waals surface area contributed by atoms with Gasteiger partial charge in [0.15, 0.2) is 4.34 Å². The largest absolute Gasteiger partial charge is 0.465 e. The molecule has 0 saturated carbocycles. The molecular weight excluding hydrogens is 414 g/mol. The van der Waals surface area contributed by atoms with Crippen LogP contribution in [0, 0.1) is 0 Å². The van der Waals surface area contributed by atoms with Gasteiger partial charge in [-0.1, -0.05) is 51.2 Å². The second kappa shape index (κ2) is 9.55. The summed E-state index contributed by atoms with van der Waals surface area (Å²) in [6.45, 7) is 2.10. The molecule has 6 nitrogen and oxygen atoms in total. The first-order valence-corrected chi connectivity index (χ1v) is 9.53. The van der Waals surface area contributed by atoms with E-state index in [1.54, 1.807) is 13.0 Å². The SMILES string of the molecule is CCOC(=O)CSc1nnc(NC(=O)/C=C/c2cccc(Br)c2)s1. The van der Waals surface area contributed by atoms with E-state index in [1.807, 2.05) is 24.3 Å². The Bertz CT molecular complexity index is 749. The number of carbonyl (C=O) groups is 2. The Morgan fingerprint density at radius 2 is 2.25 bits per heavy atom. The fraction of sp³-hybridized carbons (Fsp3) is 0.200. The number of halogens is 1. The van der Waals surface area contributed by atoms with E-state index >= 15 is 0 Å². The lowest BCUT2D eigenvalue weighted by molar-refractivity contribution is -0.139. The van der Waals surface area contributed by atoms with Crippen molar-refractivity contribution in [1.82, 2.24) is 10.2 Å². The van der Waals surface area contributed by atoms with Gasteiger partial charge in [-0.05, 0) is 30.7 Å². The molecule has 1 N–H and O–H groups in total. The summed E-state index contributed by atoms with van der Waals surface area (Å²) in [6, 6.07) is 7.59. The Morgan fingerprint density at radius 1 is 1.42 bits per heavy atom. The molecule has 0 unspecified atom stereocenters. The molecule has 0 radical (unpaired) electrons. The number of nitrogens with zero attached hydrogens (tertiary/aromatic N) is 2. The van der Waals surface area contributed by atoms with Gasteiger partial charge in [-0.3, -0.25) is 14.9 Å². The van der Waals surface area contributed by atoms with Gasteiger partial charge >= 0.3 is 5.97 Å². The molecule has 2 rings (SSSR count). The summed E-state index contributed by atoms with van der Waals surface area (Å²) in [6.07, 6.45) is 3.13. The summed E-state index contributed by atoms with van der Waals surface area (Å²) >= 11 is 5.80. The van der Waals surface area contributed by atoms with E-state index < -0.39 is 0 Å². The summed E-state index contributed by atoms with van der Waals surface area (Å²) < 4.78 is 6.37. The fourth-order valence-electron chi connectivity index (χ4n) is 1.57. The van der Waals surface area contributed by atoms with E-state index in [0.717, 1.165) is 10.0 Å². The molecule has 2 aromatic rings. The maximum atomic E-state index is 11.9. The molecule has 1 aromatic carbocycles. The number of hydrogen-bond acceptors (Lipinski definition) is 7. The maximum Gasteiger partial charge on any atom is 0.316 e. The zero-order valence-electron chi connectivity index (χ0n) is 12.7. The van der Waals surface area contributed by atoms with Gasteiger partial charge in [0.1, 0.15) is 0 Å². The summed E-state index contributed by atoms with van der Waals surface area (Å²) in [4.78, 5) is 23.2. The van der Waals surface area contributed by atoms with Crippen molar-refractivity contribution >= 4 is 62.1 Å². The molecule has 0 aliphatic rings. The van der Waals surface area contributed by atoms with Crippen molar-refractivity contribution < 1.29 is 14.3 Å². The number of ether oxygens (including phenoxy) is 1. The van der Waals surface area contributed by atoms with E-state index in [2.05, 4.69) is 31.4 Å². The minimum absolute atomic E-state index is 0.166. The second-order valence-electron chi connectivity index (χ2n) is 4.34. The summed E-state index contributed by atoms with van der Waals surface area (Å²) in [5.41, 5.74) is 0.905. The standard InChI is InChI=1S/C15H14BrN3O3S2/c1-2-22-13(21)9-23-15-19-18-14(24-15)17-12(20)7-6-10-4-3-5-11(16)8-10/h3-8H,2,9H2,1H3,(H,17,18,20)/b7-6+. The van der Waals surface area contributed by atoms with Crippen LogP contribution in [-0.4, -0.2) is 34.4 Å². The molecular formula is C15H14BrN3O3S2. The Balaban J connectivity index is 1.85. The van der Waals surface area contributed by atoms with E-state index in [9.17, 15) is 9.59 Å². The molecule has 0 fully saturated rings. The molecule has 0 aliphatic heterocycles. The Hall–Kier alpha value is -1.71. The normalized spacial score (nSPS) is 10.8. The number of nitrogens with one attached hydrogen (secondary N) is 1. The number of hydrogen-bond donors (Lipinski definition) is 1. The molecule has 9 heteroatoms. The smallest absolute Gasteiger partial charge is 0.316 e. The lowest BCUT2D eigenvalue weighted by Gasteiger charge is -1.98. The molecule has 1 aromatic heterocycles. The summed E-state index contributed by atoms with van der Waals surface area (Å²) in [7, 11) is 0. The van der Waals surface area contributed by atoms with Crippen LogP contribution in [0.15, 0.2) is 39.2 Å². The van der Waals surface area contributed by atoms with Crippen molar-refractivity contribution in [2.75, 3.05) is 17.7 Å². The Labute approximate surface area is 155 Å². The third kappa shape index (κ3) is 6.42. The highest BCUT2D eigenvalue weighted by molar-refractivity contribution is 9.10. The van der Waals surface area contributed by atoms with Gasteiger partial charge in [0, 0.05) is 10.5 Å². The van der Waals surface area contributed by atoms with Gasteiger partial charge in [-0.2, -0.15) is 0 Å². The molecule has 0 saturated heterocycles. The van der Waals surface area contributed by atoms with Gasteiger partial charge in [0.05, 0.1) is 12.4 Å². The number of benzene rings is 1. The molecule has 0 aliphatic carbocycles. The Morgan fingerprint density at radius 3 is 3.00 bits per heavy atom. The first kappa shape index (κ1) is 18.6. The molecule has 1 amide bonds. The van der Waals surface area contributed by atoms with Gasteiger partial charge in [-0.25, -0.2) is 0 Å². The van der Waals surface area contributed by atoms with E-state index in [-0.39, 0.29) is 17.6 Å². The highest BCUT2D eigenvalue weighted by Crippen LogP contribution is 2.25. The number of esters is 1. The van der Waals surface area contributed by atoms with Crippen LogP contribution in [0.1, 0.15) is 12.5 Å². The lowest BCUT2D eigenvalue weighted by Crippen LogP contribution is -2.07. The van der Waals surface area contributed by atoms with Crippen molar-refractivity contribution in [1.29, 1.82) is 0 Å². The topological polar surface area (TPSA) is 81.2 Å².